The van der Waals surface area contributed by atoms with Crippen LogP contribution in [0.4, 0.5) is 13.2 Å². The van der Waals surface area contributed by atoms with Crippen LogP contribution in [0.25, 0.3) is 0 Å². The Kier molecular flexibility index (Phi) is 26.2. The molecule has 0 bridgehead atoms. The van der Waals surface area contributed by atoms with Gasteiger partial charge in [0.25, 0.3) is 0 Å². The molecule has 0 aliphatic heterocycles. The Labute approximate surface area is 427 Å². The van der Waals surface area contributed by atoms with E-state index in [-0.39, 0.29) is 26.6 Å². The van der Waals surface area contributed by atoms with E-state index >= 15 is 0 Å². The molecule has 0 saturated carbocycles. The Hall–Kier alpha value is -2.51. The maximum atomic E-state index is 13.6. The molecule has 0 saturated heterocycles. The van der Waals surface area contributed by atoms with Crippen LogP contribution in [0.1, 0.15) is 52.7 Å². The van der Waals surface area contributed by atoms with Gasteiger partial charge >= 0.3 is 22.6 Å². The standard InChI is InChI=1S/2C23H26NOPS.CHCl3.CHF3O3S.Cu/c2*1-23(2,3)27(25)24(19-20-13-7-4-8-14-20)26(21-15-9-5-10-16-21)22-17-11-6-12-18-22;2-1(3)4;2-1(3,4)8(5,6)7;/h2*4-18H,19H2,1-3H3;1H;(H,5,6,7);/q;;;;+1/p+1/t2*27-;;;/m11.../s1. The molecular weight excluding hydrogens is 1070 g/mol. The van der Waals surface area contributed by atoms with E-state index in [1.165, 1.54) is 32.3 Å². The molecule has 0 unspecified atom stereocenters. The predicted octanol–water partition coefficient (Wildman–Crippen LogP) is 11.5. The molecule has 0 spiro atoms. The first-order chi connectivity index (χ1) is 30.9. The molecule has 0 aromatic heterocycles. The number of hydrogen-bond donors (Lipinski definition) is 0. The summed E-state index contributed by atoms with van der Waals surface area (Å²) in [4.78, 5) is 0. The minimum absolute atomic E-state index is 0. The van der Waals surface area contributed by atoms with Crippen LogP contribution < -0.4 is 21.2 Å². The van der Waals surface area contributed by atoms with Crippen LogP contribution >= 0.6 is 50.9 Å². The molecule has 0 radical (unpaired) electrons. The van der Waals surface area contributed by atoms with Crippen LogP contribution in [0.3, 0.4) is 0 Å². The van der Waals surface area contributed by atoms with E-state index in [1.807, 2.05) is 60.7 Å². The van der Waals surface area contributed by atoms with E-state index in [0.29, 0.717) is 13.1 Å². The molecule has 0 aliphatic rings. The van der Waals surface area contributed by atoms with Crippen LogP contribution in [0.2, 0.25) is 0 Å². The summed E-state index contributed by atoms with van der Waals surface area (Å²) in [6, 6.07) is 62.7. The number of hydrogen-bond acceptors (Lipinski definition) is 5. The maximum Gasteiger partial charge on any atom is 1.00 e. The molecular formula is C48H55Cl3CuF3N2O5P2S3+2. The predicted molar refractivity (Wildman–Crippen MR) is 278 cm³/mol. The molecule has 7 nitrogen and oxygen atoms in total. The van der Waals surface area contributed by atoms with Crippen molar-refractivity contribution in [3.05, 3.63) is 193 Å². The molecule has 6 aromatic carbocycles. The smallest absolute Gasteiger partial charge is 0.741 e. The molecule has 0 heterocycles. The Morgan fingerprint density at radius 2 is 0.672 bits per heavy atom. The topological polar surface area (TPSA) is 97.8 Å². The summed E-state index contributed by atoms with van der Waals surface area (Å²) in [5.74, 6) is 0. The third kappa shape index (κ3) is 21.2. The molecule has 6 aromatic rings. The van der Waals surface area contributed by atoms with Crippen molar-refractivity contribution in [1.29, 1.82) is 0 Å². The largest absolute Gasteiger partial charge is 1.00 e. The number of alkyl halides is 6. The fourth-order valence-corrected chi connectivity index (χ4v) is 16.5. The first-order valence-corrected chi connectivity index (χ1v) is 28.1. The van der Waals surface area contributed by atoms with E-state index in [2.05, 4.69) is 171 Å². The van der Waals surface area contributed by atoms with Gasteiger partial charge in [0.2, 0.25) is 0 Å². The average Bonchev–Trinajstić information content (AvgIpc) is 3.26. The van der Waals surface area contributed by atoms with Gasteiger partial charge in [-0.2, -0.15) is 13.2 Å². The molecule has 2 atom stereocenters. The molecule has 0 N–H and O–H groups in total. The summed E-state index contributed by atoms with van der Waals surface area (Å²) in [6.07, 6.45) is 0. The van der Waals surface area contributed by atoms with Gasteiger partial charge in [-0.3, -0.25) is 0 Å². The second-order valence-electron chi connectivity index (χ2n) is 16.1. The van der Waals surface area contributed by atoms with Crippen molar-refractivity contribution in [2.24, 2.45) is 0 Å². The number of benzene rings is 6. The summed E-state index contributed by atoms with van der Waals surface area (Å²) in [7, 11) is -11.1. The summed E-state index contributed by atoms with van der Waals surface area (Å²) < 4.78 is 89.2. The third-order valence-corrected chi connectivity index (χ3v) is 19.4. The van der Waals surface area contributed by atoms with Crippen molar-refractivity contribution in [2.45, 2.75) is 73.9 Å². The third-order valence-electron chi connectivity index (χ3n) is 8.76. The van der Waals surface area contributed by atoms with Gasteiger partial charge in [-0.1, -0.05) is 176 Å². The summed E-state index contributed by atoms with van der Waals surface area (Å²) >= 11 is 14.4. The monoisotopic (exact) mass is 1120 g/mol. The molecule has 0 fully saturated rings. The second-order valence-corrected chi connectivity index (χ2v) is 29.2. The van der Waals surface area contributed by atoms with Gasteiger partial charge in [0, 0.05) is 0 Å². The normalized spacial score (nSPS) is 12.7. The molecule has 0 amide bonds. The van der Waals surface area contributed by atoms with Crippen molar-refractivity contribution >= 4 is 104 Å². The summed E-state index contributed by atoms with van der Waals surface area (Å²) in [5, 5.41) is 5.01. The fraction of sp³-hybridized carbons (Fsp3) is 0.250. The Bertz CT molecular complexity index is 2240. The first-order valence-electron chi connectivity index (χ1n) is 20.3. The minimum Gasteiger partial charge on any atom is -0.741 e. The summed E-state index contributed by atoms with van der Waals surface area (Å²) in [6.45, 7) is 13.7. The Morgan fingerprint density at radius 1 is 0.493 bits per heavy atom. The van der Waals surface area contributed by atoms with Crippen molar-refractivity contribution in [1.82, 2.24) is 8.15 Å². The quantitative estimate of drug-likeness (QED) is 0.0400. The molecule has 19 heteroatoms. The van der Waals surface area contributed by atoms with E-state index < -0.39 is 58.0 Å². The van der Waals surface area contributed by atoms with Gasteiger partial charge in [-0.05, 0) is 101 Å². The minimum atomic E-state index is -6.09. The Morgan fingerprint density at radius 3 is 0.836 bits per heavy atom. The molecule has 67 heavy (non-hydrogen) atoms. The molecule has 6 rings (SSSR count). The van der Waals surface area contributed by atoms with Gasteiger partial charge < -0.3 is 4.55 Å². The van der Waals surface area contributed by atoms with Gasteiger partial charge in [-0.25, -0.2) is 16.8 Å². The van der Waals surface area contributed by atoms with Crippen LogP contribution in [0, 0.1) is 0 Å². The zero-order valence-electron chi connectivity index (χ0n) is 37.5. The van der Waals surface area contributed by atoms with E-state index in [9.17, 15) is 21.6 Å². The molecule has 366 valence electrons. The van der Waals surface area contributed by atoms with Crippen molar-refractivity contribution in [3.8, 4) is 0 Å². The van der Waals surface area contributed by atoms with Gasteiger partial charge in [0.1, 0.15) is 43.2 Å². The second kappa shape index (κ2) is 29.0. The van der Waals surface area contributed by atoms with E-state index in [4.69, 9.17) is 47.8 Å². The maximum absolute atomic E-state index is 13.6. The number of halogens is 6. The fourth-order valence-electron chi connectivity index (χ4n) is 5.89. The van der Waals surface area contributed by atoms with Crippen LogP contribution in [-0.4, -0.2) is 48.8 Å². The van der Waals surface area contributed by atoms with Crippen molar-refractivity contribution in [3.63, 3.8) is 0 Å². The number of nitrogens with zero attached hydrogens (tertiary/aromatic N) is 2. The zero-order chi connectivity index (χ0) is 49.1. The van der Waals surface area contributed by atoms with Gasteiger partial charge in [0.05, 0.1) is 22.6 Å². The van der Waals surface area contributed by atoms with Crippen molar-refractivity contribution in [2.75, 3.05) is 0 Å². The zero-order valence-corrected chi connectivity index (χ0v) is 45.2. The van der Waals surface area contributed by atoms with Gasteiger partial charge in [0.15, 0.2) is 30.6 Å². The first kappa shape index (κ1) is 60.6. The van der Waals surface area contributed by atoms with Crippen LogP contribution in [-0.2, 0) is 62.2 Å². The van der Waals surface area contributed by atoms with Crippen LogP contribution in [0.5, 0.6) is 0 Å². The average molecular weight is 1130 g/mol. The summed E-state index contributed by atoms with van der Waals surface area (Å²) in [5.41, 5.74) is -3.28. The van der Waals surface area contributed by atoms with E-state index in [1.54, 1.807) is 0 Å². The van der Waals surface area contributed by atoms with E-state index in [0.717, 1.165) is 0 Å². The SMILES string of the molecule is CC(C)(C)[S@@](=O)N(Cc1ccccc1)[PH+](c1ccccc1)c1ccccc1.CC(C)(C)[S@@](=O)N(Cc1ccccc1)[PH+](c1ccccc1)c1ccccc1.ClC(Cl)Cl.O=S(=O)([O-])C(F)(F)F.[Cu+]. The Balaban J connectivity index is 0.000000366. The van der Waals surface area contributed by atoms with Gasteiger partial charge in [-0.15, -0.1) is 0 Å². The molecule has 0 aliphatic carbocycles. The number of rotatable bonds is 12. The van der Waals surface area contributed by atoms with Crippen LogP contribution in [0.15, 0.2) is 182 Å². The van der Waals surface area contributed by atoms with Crippen molar-refractivity contribution < 1.29 is 51.6 Å².